The maximum atomic E-state index is 4.54. The fraction of sp³-hybridized carbons (Fsp3) is 0.364. The third-order valence-electron chi connectivity index (χ3n) is 2.31. The predicted molar refractivity (Wildman–Crippen MR) is 52.3 cm³/mol. The highest BCUT2D eigenvalue weighted by molar-refractivity contribution is 6.08. The van der Waals surface area contributed by atoms with Crippen LogP contribution in [-0.4, -0.2) is 5.71 Å². The van der Waals surface area contributed by atoms with Gasteiger partial charge in [-0.3, -0.25) is 4.99 Å². The number of rotatable bonds is 2. The fourth-order valence-corrected chi connectivity index (χ4v) is 1.74. The molecule has 2 aliphatic rings. The van der Waals surface area contributed by atoms with Crippen LogP contribution in [0.25, 0.3) is 0 Å². The molecule has 0 bridgehead atoms. The molecule has 0 aromatic heterocycles. The Balaban J connectivity index is 2.31. The van der Waals surface area contributed by atoms with Gasteiger partial charge in [0.25, 0.3) is 0 Å². The van der Waals surface area contributed by atoms with Crippen molar-refractivity contribution in [3.63, 3.8) is 0 Å². The quantitative estimate of drug-likeness (QED) is 0.587. The summed E-state index contributed by atoms with van der Waals surface area (Å²) < 4.78 is 0. The van der Waals surface area contributed by atoms with Crippen molar-refractivity contribution in [2.45, 2.75) is 26.7 Å². The smallest absolute Gasteiger partial charge is 0.0485 e. The van der Waals surface area contributed by atoms with E-state index in [4.69, 9.17) is 0 Å². The van der Waals surface area contributed by atoms with E-state index in [0.29, 0.717) is 0 Å². The summed E-state index contributed by atoms with van der Waals surface area (Å²) in [6, 6.07) is 0. The van der Waals surface area contributed by atoms with Gasteiger partial charge in [0.05, 0.1) is 0 Å². The van der Waals surface area contributed by atoms with E-state index in [0.717, 1.165) is 6.42 Å². The minimum atomic E-state index is 1.11. The van der Waals surface area contributed by atoms with Gasteiger partial charge in [0.15, 0.2) is 0 Å². The number of fused-ring (bicyclic) bond motifs is 1. The standard InChI is InChI=1S/C11H13N/c1-3-5-11-10-7-4-6-9(10)8(2)12-11/h4,6-7H,3,5H2,1-2H3. The van der Waals surface area contributed by atoms with Gasteiger partial charge in [0.1, 0.15) is 0 Å². The van der Waals surface area contributed by atoms with Crippen LogP contribution in [0.3, 0.4) is 0 Å². The molecule has 1 heterocycles. The third-order valence-corrected chi connectivity index (χ3v) is 2.31. The summed E-state index contributed by atoms with van der Waals surface area (Å²) in [6.07, 6.45) is 8.71. The second-order valence-electron chi connectivity index (χ2n) is 3.25. The van der Waals surface area contributed by atoms with Crippen LogP contribution < -0.4 is 0 Å². The minimum absolute atomic E-state index is 1.11. The summed E-state index contributed by atoms with van der Waals surface area (Å²) in [5, 5.41) is 0. The zero-order valence-electron chi connectivity index (χ0n) is 7.59. The van der Waals surface area contributed by atoms with Gasteiger partial charge in [-0.2, -0.15) is 0 Å². The third kappa shape index (κ3) is 0.970. The van der Waals surface area contributed by atoms with E-state index >= 15 is 0 Å². The van der Waals surface area contributed by atoms with E-state index < -0.39 is 0 Å². The Bertz CT molecular complexity index is 327. The van der Waals surface area contributed by atoms with Crippen molar-refractivity contribution in [1.82, 2.24) is 0 Å². The molecule has 2 rings (SSSR count). The predicted octanol–water partition coefficient (Wildman–Crippen LogP) is 3.01. The summed E-state index contributed by atoms with van der Waals surface area (Å²) >= 11 is 0. The van der Waals surface area contributed by atoms with Gasteiger partial charge in [-0.25, -0.2) is 0 Å². The molecule has 1 nitrogen and oxygen atoms in total. The molecule has 1 aliphatic carbocycles. The van der Waals surface area contributed by atoms with Crippen molar-refractivity contribution in [2.24, 2.45) is 4.99 Å². The van der Waals surface area contributed by atoms with E-state index in [2.05, 4.69) is 37.1 Å². The van der Waals surface area contributed by atoms with E-state index in [-0.39, 0.29) is 0 Å². The van der Waals surface area contributed by atoms with Gasteiger partial charge in [0.2, 0.25) is 0 Å². The molecule has 1 aliphatic heterocycles. The summed E-state index contributed by atoms with van der Waals surface area (Å²) in [5.41, 5.74) is 5.14. The van der Waals surface area contributed by atoms with Gasteiger partial charge in [-0.15, -0.1) is 0 Å². The first-order valence-electron chi connectivity index (χ1n) is 4.50. The lowest BCUT2D eigenvalue weighted by molar-refractivity contribution is 0.993. The van der Waals surface area contributed by atoms with Gasteiger partial charge in [-0.1, -0.05) is 31.6 Å². The van der Waals surface area contributed by atoms with Crippen molar-refractivity contribution in [1.29, 1.82) is 0 Å². The number of hydrogen-bond acceptors (Lipinski definition) is 1. The van der Waals surface area contributed by atoms with Crippen LogP contribution in [0.5, 0.6) is 0 Å². The van der Waals surface area contributed by atoms with Gasteiger partial charge >= 0.3 is 0 Å². The Kier molecular flexibility index (Phi) is 1.72. The van der Waals surface area contributed by atoms with E-state index in [9.17, 15) is 0 Å². The second kappa shape index (κ2) is 2.74. The van der Waals surface area contributed by atoms with Crippen LogP contribution >= 0.6 is 0 Å². The fourth-order valence-electron chi connectivity index (χ4n) is 1.74. The van der Waals surface area contributed by atoms with Crippen LogP contribution in [0.2, 0.25) is 0 Å². The van der Waals surface area contributed by atoms with E-state index in [1.807, 2.05) is 0 Å². The monoisotopic (exact) mass is 159 g/mol. The molecule has 0 aromatic rings. The van der Waals surface area contributed by atoms with Gasteiger partial charge < -0.3 is 0 Å². The van der Waals surface area contributed by atoms with Crippen LogP contribution in [0, 0.1) is 0 Å². The SMILES string of the molecule is CCCC1=NC(C)=C2C=CC=C12. The van der Waals surface area contributed by atoms with Crippen molar-refractivity contribution < 1.29 is 0 Å². The van der Waals surface area contributed by atoms with E-state index in [1.165, 1.54) is 29.0 Å². The summed E-state index contributed by atoms with van der Waals surface area (Å²) in [6.45, 7) is 4.28. The number of aliphatic imine (C=N–C) groups is 1. The second-order valence-corrected chi connectivity index (χ2v) is 3.25. The number of hydrogen-bond donors (Lipinski definition) is 0. The molecule has 0 N–H and O–H groups in total. The summed E-state index contributed by atoms with van der Waals surface area (Å²) in [5.74, 6) is 0. The van der Waals surface area contributed by atoms with Crippen LogP contribution in [0.15, 0.2) is 40.1 Å². The lowest BCUT2D eigenvalue weighted by atomic mass is 10.0. The lowest BCUT2D eigenvalue weighted by Crippen LogP contribution is -1.97. The largest absolute Gasteiger partial charge is 0.257 e. The molecule has 0 atom stereocenters. The maximum Gasteiger partial charge on any atom is 0.0485 e. The molecule has 12 heavy (non-hydrogen) atoms. The molecule has 62 valence electrons. The molecule has 0 saturated carbocycles. The highest BCUT2D eigenvalue weighted by atomic mass is 14.8. The Morgan fingerprint density at radius 2 is 2.25 bits per heavy atom. The Morgan fingerprint density at radius 3 is 3.00 bits per heavy atom. The molecule has 0 fully saturated rings. The molecular weight excluding hydrogens is 146 g/mol. The molecule has 0 amide bonds. The normalized spacial score (nSPS) is 19.8. The van der Waals surface area contributed by atoms with Gasteiger partial charge in [0, 0.05) is 22.6 Å². The Hall–Kier alpha value is -1.11. The molecule has 0 unspecified atom stereocenters. The molecule has 0 aromatic carbocycles. The summed E-state index contributed by atoms with van der Waals surface area (Å²) in [7, 11) is 0. The topological polar surface area (TPSA) is 12.4 Å². The van der Waals surface area contributed by atoms with Crippen LogP contribution in [-0.2, 0) is 0 Å². The first-order valence-corrected chi connectivity index (χ1v) is 4.50. The first-order chi connectivity index (χ1) is 5.83. The van der Waals surface area contributed by atoms with Crippen molar-refractivity contribution in [3.05, 3.63) is 35.1 Å². The van der Waals surface area contributed by atoms with Crippen molar-refractivity contribution in [2.75, 3.05) is 0 Å². The summed E-state index contributed by atoms with van der Waals surface area (Å²) in [4.78, 5) is 4.54. The van der Waals surface area contributed by atoms with Crippen molar-refractivity contribution >= 4 is 5.71 Å². The molecule has 0 radical (unpaired) electrons. The zero-order chi connectivity index (χ0) is 8.55. The molecule has 0 spiro atoms. The minimum Gasteiger partial charge on any atom is -0.257 e. The highest BCUT2D eigenvalue weighted by Gasteiger charge is 2.20. The van der Waals surface area contributed by atoms with Crippen LogP contribution in [0.4, 0.5) is 0 Å². The van der Waals surface area contributed by atoms with Crippen LogP contribution in [0.1, 0.15) is 26.7 Å². The molecule has 1 heteroatoms. The maximum absolute atomic E-state index is 4.54. The first kappa shape index (κ1) is 7.53. The molecule has 0 saturated heterocycles. The highest BCUT2D eigenvalue weighted by Crippen LogP contribution is 2.31. The average Bonchev–Trinajstić information content (AvgIpc) is 2.58. The number of nitrogens with zero attached hydrogens (tertiary/aromatic N) is 1. The van der Waals surface area contributed by atoms with Crippen molar-refractivity contribution in [3.8, 4) is 0 Å². The lowest BCUT2D eigenvalue weighted by Gasteiger charge is -1.99. The Morgan fingerprint density at radius 1 is 1.42 bits per heavy atom. The number of allylic oxidation sites excluding steroid dienone is 6. The average molecular weight is 159 g/mol. The zero-order valence-corrected chi connectivity index (χ0v) is 7.59. The molecular formula is C11H13N. The van der Waals surface area contributed by atoms with E-state index in [1.54, 1.807) is 0 Å². The van der Waals surface area contributed by atoms with Gasteiger partial charge in [-0.05, 0) is 13.3 Å². The Labute approximate surface area is 73.2 Å².